The van der Waals surface area contributed by atoms with Gasteiger partial charge in [0.1, 0.15) is 13.1 Å². The van der Waals surface area contributed by atoms with Crippen LogP contribution in [0, 0.1) is 16.7 Å². The van der Waals surface area contributed by atoms with Gasteiger partial charge in [-0.05, 0) is 36.0 Å². The van der Waals surface area contributed by atoms with E-state index in [0.29, 0.717) is 23.3 Å². The molecule has 2 bridgehead atoms. The lowest BCUT2D eigenvalue weighted by molar-refractivity contribution is -0.907. The van der Waals surface area contributed by atoms with Crippen LogP contribution in [0.25, 0.3) is 0 Å². The second-order valence-electron chi connectivity index (χ2n) is 8.09. The predicted molar refractivity (Wildman–Crippen MR) is 82.2 cm³/mol. The Kier molecular flexibility index (Phi) is 4.04. The van der Waals surface area contributed by atoms with Crippen molar-refractivity contribution in [3.05, 3.63) is 0 Å². The molecule has 4 heteroatoms. The monoisotopic (exact) mass is 295 g/mol. The maximum atomic E-state index is 12.3. The van der Waals surface area contributed by atoms with Crippen LogP contribution >= 0.6 is 0 Å². The molecule has 3 rings (SSSR count). The molecule has 4 nitrogen and oxygen atoms in total. The Labute approximate surface area is 128 Å². The van der Waals surface area contributed by atoms with Crippen molar-refractivity contribution >= 4 is 5.91 Å². The number of morpholine rings is 1. The van der Waals surface area contributed by atoms with Crippen molar-refractivity contribution in [3.8, 4) is 0 Å². The fraction of sp³-hybridized carbons (Fsp3) is 0.941. The van der Waals surface area contributed by atoms with Crippen molar-refractivity contribution in [2.24, 2.45) is 16.7 Å². The van der Waals surface area contributed by atoms with Gasteiger partial charge in [-0.1, -0.05) is 20.8 Å². The highest BCUT2D eigenvalue weighted by molar-refractivity contribution is 5.76. The summed E-state index contributed by atoms with van der Waals surface area (Å²) in [5, 5.41) is 3.36. The molecular formula is C17H31N2O2+. The summed E-state index contributed by atoms with van der Waals surface area (Å²) < 4.78 is 5.36. The first-order valence-electron chi connectivity index (χ1n) is 8.64. The van der Waals surface area contributed by atoms with Crippen LogP contribution in [-0.4, -0.2) is 44.8 Å². The van der Waals surface area contributed by atoms with Gasteiger partial charge in [-0.15, -0.1) is 0 Å². The van der Waals surface area contributed by atoms with E-state index in [1.807, 2.05) is 0 Å². The van der Waals surface area contributed by atoms with Gasteiger partial charge < -0.3 is 15.0 Å². The molecule has 0 aromatic heterocycles. The Morgan fingerprint density at radius 1 is 1.29 bits per heavy atom. The number of hydrogen-bond donors (Lipinski definition) is 2. The lowest BCUT2D eigenvalue weighted by Crippen LogP contribution is -3.14. The van der Waals surface area contributed by atoms with Crippen LogP contribution in [0.1, 0.15) is 46.5 Å². The quantitative estimate of drug-likeness (QED) is 0.798. The van der Waals surface area contributed by atoms with Crippen LogP contribution in [0.4, 0.5) is 0 Å². The third-order valence-electron chi connectivity index (χ3n) is 7.03. The molecule has 0 aromatic rings. The van der Waals surface area contributed by atoms with E-state index in [2.05, 4.69) is 26.1 Å². The van der Waals surface area contributed by atoms with E-state index in [9.17, 15) is 4.79 Å². The van der Waals surface area contributed by atoms with Gasteiger partial charge in [0.25, 0.3) is 0 Å². The van der Waals surface area contributed by atoms with Gasteiger partial charge in [-0.25, -0.2) is 0 Å². The molecule has 120 valence electrons. The summed E-state index contributed by atoms with van der Waals surface area (Å²) in [5.41, 5.74) is 0.666. The first-order valence-corrected chi connectivity index (χ1v) is 8.64. The third kappa shape index (κ3) is 2.61. The molecule has 1 aliphatic heterocycles. The summed E-state index contributed by atoms with van der Waals surface area (Å²) in [7, 11) is 0. The summed E-state index contributed by atoms with van der Waals surface area (Å²) in [4.78, 5) is 13.8. The van der Waals surface area contributed by atoms with E-state index in [0.717, 1.165) is 38.8 Å². The zero-order valence-electron chi connectivity index (χ0n) is 13.8. The maximum absolute atomic E-state index is 12.3. The number of ether oxygens (including phenoxy) is 1. The van der Waals surface area contributed by atoms with Gasteiger partial charge in [0, 0.05) is 6.04 Å². The second kappa shape index (κ2) is 5.54. The smallest absolute Gasteiger partial charge is 0.225 e. The van der Waals surface area contributed by atoms with Gasteiger partial charge in [0.15, 0.2) is 0 Å². The van der Waals surface area contributed by atoms with Crippen molar-refractivity contribution in [1.82, 2.24) is 5.32 Å². The summed E-state index contributed by atoms with van der Waals surface area (Å²) in [6.45, 7) is 11.9. The fourth-order valence-electron chi connectivity index (χ4n) is 4.89. The summed E-state index contributed by atoms with van der Waals surface area (Å²) in [5.74, 6) is 1.04. The van der Waals surface area contributed by atoms with Gasteiger partial charge in [0.05, 0.1) is 26.2 Å². The molecule has 0 radical (unpaired) electrons. The zero-order valence-corrected chi connectivity index (χ0v) is 13.8. The van der Waals surface area contributed by atoms with E-state index in [1.165, 1.54) is 24.2 Å². The van der Waals surface area contributed by atoms with E-state index >= 15 is 0 Å². The molecule has 0 aromatic carbocycles. The highest BCUT2D eigenvalue weighted by Gasteiger charge is 2.61. The molecule has 2 aliphatic carbocycles. The molecule has 0 spiro atoms. The molecule has 2 saturated carbocycles. The van der Waals surface area contributed by atoms with E-state index in [1.54, 1.807) is 0 Å². The molecule has 0 unspecified atom stereocenters. The maximum Gasteiger partial charge on any atom is 0.225 e. The van der Waals surface area contributed by atoms with E-state index < -0.39 is 0 Å². The number of nitrogens with one attached hydrogen (secondary N) is 2. The number of quaternary nitrogens is 1. The molecule has 3 fully saturated rings. The molecule has 21 heavy (non-hydrogen) atoms. The molecule has 2 N–H and O–H groups in total. The van der Waals surface area contributed by atoms with Gasteiger partial charge in [0.2, 0.25) is 5.91 Å². The highest BCUT2D eigenvalue weighted by atomic mass is 16.5. The van der Waals surface area contributed by atoms with Crippen molar-refractivity contribution in [2.75, 3.05) is 32.8 Å². The lowest BCUT2D eigenvalue weighted by Gasteiger charge is -2.39. The predicted octanol–water partition coefficient (Wildman–Crippen LogP) is 0.623. The summed E-state index contributed by atoms with van der Waals surface area (Å²) >= 11 is 0. The third-order valence-corrected chi connectivity index (χ3v) is 7.03. The van der Waals surface area contributed by atoms with E-state index in [4.69, 9.17) is 4.74 Å². The first kappa shape index (κ1) is 15.3. The number of carbonyl (C=O) groups excluding carboxylic acids is 1. The topological polar surface area (TPSA) is 42.8 Å². The Balaban J connectivity index is 1.49. The van der Waals surface area contributed by atoms with Crippen molar-refractivity contribution < 1.29 is 14.4 Å². The average molecular weight is 295 g/mol. The largest absolute Gasteiger partial charge is 0.370 e. The molecular weight excluding hydrogens is 264 g/mol. The average Bonchev–Trinajstić information content (AvgIpc) is 2.79. The van der Waals surface area contributed by atoms with Crippen LogP contribution in [0.2, 0.25) is 0 Å². The minimum Gasteiger partial charge on any atom is -0.370 e. The van der Waals surface area contributed by atoms with Crippen molar-refractivity contribution in [2.45, 2.75) is 52.5 Å². The molecule has 3 aliphatic rings. The number of carbonyl (C=O) groups is 1. The Bertz CT molecular complexity index is 404. The number of fused-ring (bicyclic) bond motifs is 2. The summed E-state index contributed by atoms with van der Waals surface area (Å²) in [6.07, 6.45) is 4.45. The lowest BCUT2D eigenvalue weighted by atomic mass is 9.69. The van der Waals surface area contributed by atoms with Crippen LogP contribution in [0.15, 0.2) is 0 Å². The SMILES string of the molecule is CC1(C)[C@H]2CC[C@@]1(C)[C@@H](NC(=O)CC[NH+]1CCOCC1)C2. The van der Waals surface area contributed by atoms with Crippen molar-refractivity contribution in [1.29, 1.82) is 0 Å². The van der Waals surface area contributed by atoms with Gasteiger partial charge in [-0.3, -0.25) is 4.79 Å². The normalized spacial score (nSPS) is 38.6. The molecule has 1 amide bonds. The molecule has 1 saturated heterocycles. The van der Waals surface area contributed by atoms with Crippen LogP contribution in [-0.2, 0) is 9.53 Å². The molecule has 3 atom stereocenters. The number of rotatable bonds is 4. The van der Waals surface area contributed by atoms with Crippen molar-refractivity contribution in [3.63, 3.8) is 0 Å². The number of hydrogen-bond acceptors (Lipinski definition) is 2. The second-order valence-corrected chi connectivity index (χ2v) is 8.09. The highest BCUT2D eigenvalue weighted by Crippen LogP contribution is 2.65. The minimum atomic E-state index is 0.253. The van der Waals surface area contributed by atoms with Crippen LogP contribution < -0.4 is 10.2 Å². The summed E-state index contributed by atoms with van der Waals surface area (Å²) in [6, 6.07) is 0.387. The minimum absolute atomic E-state index is 0.253. The van der Waals surface area contributed by atoms with Gasteiger partial charge in [-0.2, -0.15) is 0 Å². The fourth-order valence-corrected chi connectivity index (χ4v) is 4.89. The van der Waals surface area contributed by atoms with Crippen LogP contribution in [0.3, 0.4) is 0 Å². The number of amides is 1. The Hall–Kier alpha value is -0.610. The van der Waals surface area contributed by atoms with Gasteiger partial charge >= 0.3 is 0 Å². The Morgan fingerprint density at radius 2 is 2.00 bits per heavy atom. The van der Waals surface area contributed by atoms with E-state index in [-0.39, 0.29) is 5.91 Å². The van der Waals surface area contributed by atoms with Crippen LogP contribution in [0.5, 0.6) is 0 Å². The Morgan fingerprint density at radius 3 is 2.57 bits per heavy atom. The first-order chi connectivity index (χ1) is 9.93. The molecule has 1 heterocycles. The zero-order chi connectivity index (χ0) is 15.1. The standard InChI is InChI=1S/C17H30N2O2/c1-16(2)13-4-6-17(16,3)14(12-13)18-15(20)5-7-19-8-10-21-11-9-19/h13-14H,4-12H2,1-3H3,(H,18,20)/p+1/t13-,14-,17-/m0/s1.